The van der Waals surface area contributed by atoms with E-state index in [2.05, 4.69) is 46.9 Å². The number of nitrogens with zero attached hydrogens (tertiary/aromatic N) is 3. The van der Waals surface area contributed by atoms with Gasteiger partial charge in [0.05, 0.1) is 11.1 Å². The number of hydrogen-bond acceptors (Lipinski definition) is 4. The third-order valence-corrected chi connectivity index (χ3v) is 8.87. The van der Waals surface area contributed by atoms with Gasteiger partial charge in [0, 0.05) is 31.3 Å². The van der Waals surface area contributed by atoms with Gasteiger partial charge in [-0.05, 0) is 86.3 Å². The minimum atomic E-state index is -0.185. The van der Waals surface area contributed by atoms with Crippen LogP contribution >= 0.6 is 0 Å². The summed E-state index contributed by atoms with van der Waals surface area (Å²) in [4.78, 5) is 24.8. The summed E-state index contributed by atoms with van der Waals surface area (Å²) in [5, 5.41) is 0. The van der Waals surface area contributed by atoms with Gasteiger partial charge < -0.3 is 10.6 Å². The van der Waals surface area contributed by atoms with Gasteiger partial charge in [-0.3, -0.25) is 4.79 Å². The van der Waals surface area contributed by atoms with Crippen molar-refractivity contribution in [2.75, 3.05) is 12.3 Å². The van der Waals surface area contributed by atoms with Crippen LogP contribution in [0.15, 0.2) is 24.4 Å². The molecular weight excluding hydrogens is 384 g/mol. The molecule has 31 heavy (non-hydrogen) atoms. The normalized spacial score (nSPS) is 33.4. The summed E-state index contributed by atoms with van der Waals surface area (Å²) < 4.78 is 0. The third kappa shape index (κ3) is 2.92. The smallest absolute Gasteiger partial charge is 0.229 e. The summed E-state index contributed by atoms with van der Waals surface area (Å²) in [5.74, 6) is 2.09. The number of anilines is 1. The summed E-state index contributed by atoms with van der Waals surface area (Å²) in [5.41, 5.74) is 12.0. The van der Waals surface area contributed by atoms with Crippen molar-refractivity contribution in [2.45, 2.75) is 70.8 Å². The number of amides is 1. The first kappa shape index (κ1) is 19.3. The van der Waals surface area contributed by atoms with Crippen molar-refractivity contribution in [3.05, 3.63) is 52.3 Å². The molecule has 1 aromatic heterocycles. The molecule has 2 aromatic rings. The lowest BCUT2D eigenvalue weighted by molar-refractivity contribution is -0.161. The van der Waals surface area contributed by atoms with E-state index in [0.717, 1.165) is 43.5 Å². The van der Waals surface area contributed by atoms with E-state index in [4.69, 9.17) is 5.73 Å². The second-order valence-corrected chi connectivity index (χ2v) is 11.0. The van der Waals surface area contributed by atoms with Crippen LogP contribution in [-0.4, -0.2) is 27.3 Å². The molecule has 4 aliphatic carbocycles. The van der Waals surface area contributed by atoms with E-state index in [1.807, 2.05) is 6.20 Å². The van der Waals surface area contributed by atoms with Crippen molar-refractivity contribution in [1.82, 2.24) is 14.9 Å². The molecule has 5 aliphatic rings. The molecule has 162 valence electrons. The first-order valence-electron chi connectivity index (χ1n) is 11.8. The van der Waals surface area contributed by atoms with Crippen LogP contribution in [0.2, 0.25) is 0 Å². The quantitative estimate of drug-likeness (QED) is 0.800. The molecule has 2 unspecified atom stereocenters. The molecule has 1 aliphatic heterocycles. The summed E-state index contributed by atoms with van der Waals surface area (Å²) in [7, 11) is 0. The van der Waals surface area contributed by atoms with Gasteiger partial charge in [0.25, 0.3) is 0 Å². The number of benzene rings is 1. The van der Waals surface area contributed by atoms with Crippen LogP contribution in [0.1, 0.15) is 66.5 Å². The van der Waals surface area contributed by atoms with Crippen molar-refractivity contribution in [3.8, 4) is 0 Å². The molecule has 4 saturated carbocycles. The monoisotopic (exact) mass is 416 g/mol. The van der Waals surface area contributed by atoms with Crippen LogP contribution in [0.5, 0.6) is 0 Å². The van der Waals surface area contributed by atoms with Crippen molar-refractivity contribution in [1.29, 1.82) is 0 Å². The zero-order chi connectivity index (χ0) is 21.4. The Balaban J connectivity index is 1.33. The van der Waals surface area contributed by atoms with E-state index in [1.54, 1.807) is 0 Å². The Hall–Kier alpha value is -2.43. The average Bonchev–Trinajstić information content (AvgIpc) is 2.74. The largest absolute Gasteiger partial charge is 0.368 e. The third-order valence-electron chi connectivity index (χ3n) is 8.87. The van der Waals surface area contributed by atoms with Crippen LogP contribution in [0, 0.1) is 31.1 Å². The summed E-state index contributed by atoms with van der Waals surface area (Å²) in [6, 6.07) is 7.05. The maximum atomic E-state index is 14.1. The van der Waals surface area contributed by atoms with Gasteiger partial charge in [-0.15, -0.1) is 0 Å². The molecule has 0 radical (unpaired) electrons. The molecule has 2 heterocycles. The fourth-order valence-corrected chi connectivity index (χ4v) is 7.76. The van der Waals surface area contributed by atoms with E-state index in [1.165, 1.54) is 36.0 Å². The molecule has 7 rings (SSSR count). The highest BCUT2D eigenvalue weighted by molar-refractivity contribution is 5.84. The Morgan fingerprint density at radius 3 is 2.65 bits per heavy atom. The number of carbonyl (C=O) groups excluding carboxylic acids is 1. The fourth-order valence-electron chi connectivity index (χ4n) is 7.76. The van der Waals surface area contributed by atoms with Crippen molar-refractivity contribution in [3.63, 3.8) is 0 Å². The number of aryl methyl sites for hydroxylation is 2. The van der Waals surface area contributed by atoms with Crippen LogP contribution in [0.25, 0.3) is 0 Å². The Kier molecular flexibility index (Phi) is 4.06. The fraction of sp³-hybridized carbons (Fsp3) is 0.577. The number of nitrogen functional groups attached to an aromatic ring is 1. The molecule has 4 bridgehead atoms. The van der Waals surface area contributed by atoms with Crippen molar-refractivity contribution in [2.24, 2.45) is 17.3 Å². The van der Waals surface area contributed by atoms with E-state index in [9.17, 15) is 4.79 Å². The number of nitrogens with two attached hydrogens (primary N) is 1. The first-order valence-corrected chi connectivity index (χ1v) is 11.8. The van der Waals surface area contributed by atoms with E-state index >= 15 is 0 Å². The highest BCUT2D eigenvalue weighted by atomic mass is 16.2. The summed E-state index contributed by atoms with van der Waals surface area (Å²) in [6.07, 6.45) is 9.61. The number of hydrogen-bond donors (Lipinski definition) is 1. The lowest BCUT2D eigenvalue weighted by Gasteiger charge is -2.62. The lowest BCUT2D eigenvalue weighted by Crippen LogP contribution is -2.60. The van der Waals surface area contributed by atoms with Gasteiger partial charge in [-0.2, -0.15) is 0 Å². The Morgan fingerprint density at radius 1 is 1.13 bits per heavy atom. The zero-order valence-corrected chi connectivity index (χ0v) is 18.7. The maximum absolute atomic E-state index is 14.1. The van der Waals surface area contributed by atoms with Crippen LogP contribution < -0.4 is 5.73 Å². The molecule has 2 N–H and O–H groups in total. The second-order valence-electron chi connectivity index (χ2n) is 11.0. The number of fused-ring (bicyclic) bond motifs is 1. The number of carbonyl (C=O) groups is 1. The minimum Gasteiger partial charge on any atom is -0.368 e. The SMILES string of the molecule is Cc1ccc(C23CC4CC(CC(C(=O)N5CCc6nc(N)ncc6C5)(C4)C2)C3)cc1C. The zero-order valence-electron chi connectivity index (χ0n) is 18.7. The van der Waals surface area contributed by atoms with E-state index in [0.29, 0.717) is 30.2 Å². The summed E-state index contributed by atoms with van der Waals surface area (Å²) >= 11 is 0. The average molecular weight is 417 g/mol. The topological polar surface area (TPSA) is 72.1 Å². The van der Waals surface area contributed by atoms with Gasteiger partial charge >= 0.3 is 0 Å². The van der Waals surface area contributed by atoms with Gasteiger partial charge in [0.1, 0.15) is 0 Å². The molecule has 4 fully saturated rings. The van der Waals surface area contributed by atoms with Gasteiger partial charge in [0.15, 0.2) is 0 Å². The second kappa shape index (κ2) is 6.54. The highest BCUT2D eigenvalue weighted by Gasteiger charge is 2.61. The lowest BCUT2D eigenvalue weighted by atomic mass is 9.42. The molecular formula is C26H32N4O. The van der Waals surface area contributed by atoms with Gasteiger partial charge in [-0.1, -0.05) is 18.2 Å². The van der Waals surface area contributed by atoms with E-state index < -0.39 is 0 Å². The van der Waals surface area contributed by atoms with Gasteiger partial charge in [-0.25, -0.2) is 9.97 Å². The molecule has 2 atom stereocenters. The number of rotatable bonds is 2. The molecule has 1 amide bonds. The van der Waals surface area contributed by atoms with Crippen molar-refractivity contribution >= 4 is 11.9 Å². The summed E-state index contributed by atoms with van der Waals surface area (Å²) in [6.45, 7) is 5.79. The highest BCUT2D eigenvalue weighted by Crippen LogP contribution is 2.66. The molecule has 5 nitrogen and oxygen atoms in total. The predicted molar refractivity (Wildman–Crippen MR) is 120 cm³/mol. The van der Waals surface area contributed by atoms with Crippen LogP contribution in [-0.2, 0) is 23.2 Å². The molecule has 5 heteroatoms. The minimum absolute atomic E-state index is 0.184. The standard InChI is InChI=1S/C26H32N4O/c1-16-3-4-21(7-17(16)2)25-9-18-8-19(10-25)12-26(11-18,15-25)23(31)30-6-5-22-20(14-30)13-28-24(27)29-22/h3-4,7,13,18-19H,5-6,8-12,14-15H2,1-2H3,(H2,27,28,29). The Bertz CT molecular complexity index is 1060. The van der Waals surface area contributed by atoms with Crippen LogP contribution in [0.3, 0.4) is 0 Å². The van der Waals surface area contributed by atoms with Crippen LogP contribution in [0.4, 0.5) is 5.95 Å². The maximum Gasteiger partial charge on any atom is 0.229 e. The molecule has 0 spiro atoms. The molecule has 1 aromatic carbocycles. The Labute approximate surface area is 184 Å². The van der Waals surface area contributed by atoms with Gasteiger partial charge in [0.2, 0.25) is 11.9 Å². The first-order chi connectivity index (χ1) is 14.9. The number of aromatic nitrogens is 2. The molecule has 0 saturated heterocycles. The van der Waals surface area contributed by atoms with E-state index in [-0.39, 0.29) is 10.8 Å². The van der Waals surface area contributed by atoms with Crippen molar-refractivity contribution < 1.29 is 4.79 Å². The predicted octanol–water partition coefficient (Wildman–Crippen LogP) is 4.10. The Morgan fingerprint density at radius 2 is 1.90 bits per heavy atom.